The molecule has 0 radical (unpaired) electrons. The third-order valence-corrected chi connectivity index (χ3v) is 3.05. The Morgan fingerprint density at radius 1 is 1.05 bits per heavy atom. The molecule has 0 spiro atoms. The Hall–Kier alpha value is -2.89. The van der Waals surface area contributed by atoms with Crippen molar-refractivity contribution in [3.8, 4) is 11.3 Å². The summed E-state index contributed by atoms with van der Waals surface area (Å²) in [6, 6.07) is 10.2. The average Bonchev–Trinajstić information content (AvgIpc) is 3.06. The Labute approximate surface area is 108 Å². The summed E-state index contributed by atoms with van der Waals surface area (Å²) in [7, 11) is 0. The molecule has 0 amide bonds. The molecule has 4 rings (SSSR count). The maximum atomic E-state index is 4.24. The molecule has 19 heavy (non-hydrogen) atoms. The van der Waals surface area contributed by atoms with Crippen LogP contribution in [0.5, 0.6) is 0 Å². The van der Waals surface area contributed by atoms with Gasteiger partial charge in [0.2, 0.25) is 0 Å². The Kier molecular flexibility index (Phi) is 2.02. The summed E-state index contributed by atoms with van der Waals surface area (Å²) in [6.07, 6.45) is 3.21. The van der Waals surface area contributed by atoms with E-state index in [0.717, 1.165) is 22.7 Å². The molecular weight excluding hydrogens is 240 g/mol. The van der Waals surface area contributed by atoms with E-state index in [4.69, 9.17) is 0 Å². The van der Waals surface area contributed by atoms with Gasteiger partial charge in [-0.1, -0.05) is 12.1 Å². The van der Waals surface area contributed by atoms with Crippen molar-refractivity contribution < 1.29 is 0 Å². The predicted octanol–water partition coefficient (Wildman–Crippen LogP) is 2.53. The maximum Gasteiger partial charge on any atom is 0.160 e. The number of H-pyrrole nitrogens is 2. The van der Waals surface area contributed by atoms with Crippen molar-refractivity contribution in [3.05, 3.63) is 42.9 Å². The van der Waals surface area contributed by atoms with Gasteiger partial charge in [0.15, 0.2) is 5.65 Å². The number of nitrogens with one attached hydrogen (secondary N) is 3. The van der Waals surface area contributed by atoms with Gasteiger partial charge in [-0.2, -0.15) is 5.10 Å². The third kappa shape index (κ3) is 1.61. The molecule has 92 valence electrons. The van der Waals surface area contributed by atoms with Gasteiger partial charge < -0.3 is 10.3 Å². The average molecular weight is 250 g/mol. The quantitative estimate of drug-likeness (QED) is 0.510. The first-order valence-corrected chi connectivity index (χ1v) is 5.89. The smallest absolute Gasteiger partial charge is 0.160 e. The highest BCUT2D eigenvalue weighted by Crippen LogP contribution is 2.25. The molecule has 0 saturated carbocycles. The number of pyridine rings is 1. The molecule has 0 saturated heterocycles. The van der Waals surface area contributed by atoms with E-state index in [2.05, 4.69) is 42.6 Å². The first kappa shape index (κ1) is 10.1. The minimum absolute atomic E-state index is 0.715. The normalized spacial score (nSPS) is 11.2. The highest BCUT2D eigenvalue weighted by Gasteiger charge is 2.07. The van der Waals surface area contributed by atoms with Gasteiger partial charge in [-0.05, 0) is 23.8 Å². The second-order valence-corrected chi connectivity index (χ2v) is 4.25. The van der Waals surface area contributed by atoms with Crippen molar-refractivity contribution in [3.63, 3.8) is 0 Å². The van der Waals surface area contributed by atoms with E-state index in [1.54, 1.807) is 6.20 Å². The Morgan fingerprint density at radius 2 is 2.05 bits per heavy atom. The lowest BCUT2D eigenvalue weighted by atomic mass is 10.2. The summed E-state index contributed by atoms with van der Waals surface area (Å²) in [5.41, 5.74) is 2.98. The molecule has 0 atom stereocenters. The lowest BCUT2D eigenvalue weighted by molar-refractivity contribution is 1.09. The van der Waals surface area contributed by atoms with E-state index in [1.807, 2.05) is 18.2 Å². The van der Waals surface area contributed by atoms with Crippen LogP contribution in [0.2, 0.25) is 0 Å². The fraction of sp³-hybridized carbons (Fsp3) is 0. The van der Waals surface area contributed by atoms with E-state index in [-0.39, 0.29) is 0 Å². The molecule has 1 aliphatic carbocycles. The number of fused-ring (bicyclic) bond motifs is 2. The monoisotopic (exact) mass is 250 g/mol. The summed E-state index contributed by atoms with van der Waals surface area (Å²) in [5, 5.41) is 10.9. The molecule has 1 aliphatic heterocycles. The summed E-state index contributed by atoms with van der Waals surface area (Å²) >= 11 is 0. The van der Waals surface area contributed by atoms with Gasteiger partial charge in [0.1, 0.15) is 18.0 Å². The maximum absolute atomic E-state index is 4.24. The molecule has 0 fully saturated rings. The lowest BCUT2D eigenvalue weighted by Gasteiger charge is -2.08. The number of nitrogens with zero attached hydrogens (tertiary/aromatic N) is 3. The van der Waals surface area contributed by atoms with Gasteiger partial charge >= 0.3 is 0 Å². The van der Waals surface area contributed by atoms with Crippen molar-refractivity contribution in [2.45, 2.75) is 0 Å². The Bertz CT molecular complexity index is 815. The van der Waals surface area contributed by atoms with Crippen LogP contribution >= 0.6 is 0 Å². The fourth-order valence-electron chi connectivity index (χ4n) is 2.12. The summed E-state index contributed by atoms with van der Waals surface area (Å²) in [6.45, 7) is 0. The van der Waals surface area contributed by atoms with Gasteiger partial charge in [-0.15, -0.1) is 0 Å². The van der Waals surface area contributed by atoms with Crippen molar-refractivity contribution in [1.29, 1.82) is 0 Å². The van der Waals surface area contributed by atoms with Crippen LogP contribution < -0.4 is 5.32 Å². The van der Waals surface area contributed by atoms with Gasteiger partial charge in [0.25, 0.3) is 0 Å². The predicted molar refractivity (Wildman–Crippen MR) is 72.4 cm³/mol. The van der Waals surface area contributed by atoms with Crippen LogP contribution in [0, 0.1) is 0 Å². The minimum Gasteiger partial charge on any atom is -0.341 e. The number of anilines is 2. The zero-order valence-corrected chi connectivity index (χ0v) is 9.88. The van der Waals surface area contributed by atoms with Crippen LogP contribution in [0.3, 0.4) is 0 Å². The second-order valence-electron chi connectivity index (χ2n) is 4.25. The second kappa shape index (κ2) is 3.81. The topological polar surface area (TPSA) is 82.3 Å². The van der Waals surface area contributed by atoms with Gasteiger partial charge in [0.05, 0.1) is 11.6 Å². The lowest BCUT2D eigenvalue weighted by Crippen LogP contribution is -1.98. The number of hydrogen-bond donors (Lipinski definition) is 3. The third-order valence-electron chi connectivity index (χ3n) is 3.05. The van der Waals surface area contributed by atoms with Crippen LogP contribution in [0.4, 0.5) is 11.6 Å². The zero-order valence-electron chi connectivity index (χ0n) is 9.88. The van der Waals surface area contributed by atoms with Crippen LogP contribution in [0.1, 0.15) is 0 Å². The molecule has 2 aliphatic rings. The standard InChI is InChI=1S/C13H10N6/c1-2-8-4-5-11(17-10(8)3-1)18-12-9-6-16-19-13(9)15-7-14-12/h1-7,17H,(H2,14,15,16,18,19). The van der Waals surface area contributed by atoms with Crippen LogP contribution in [0.25, 0.3) is 22.3 Å². The summed E-state index contributed by atoms with van der Waals surface area (Å²) < 4.78 is 0. The van der Waals surface area contributed by atoms with Crippen molar-refractivity contribution >= 4 is 22.7 Å². The number of rotatable bonds is 2. The molecular formula is C13H10N6. The first-order chi connectivity index (χ1) is 9.40. The van der Waals surface area contributed by atoms with E-state index >= 15 is 0 Å². The highest BCUT2D eigenvalue weighted by molar-refractivity contribution is 5.87. The molecule has 0 unspecified atom stereocenters. The fourth-order valence-corrected chi connectivity index (χ4v) is 2.12. The molecule has 6 nitrogen and oxygen atoms in total. The molecule has 0 aromatic carbocycles. The first-order valence-electron chi connectivity index (χ1n) is 5.89. The molecule has 3 N–H and O–H groups in total. The van der Waals surface area contributed by atoms with E-state index in [0.29, 0.717) is 5.65 Å². The van der Waals surface area contributed by atoms with Gasteiger partial charge in [0, 0.05) is 5.69 Å². The molecule has 2 aromatic heterocycles. The van der Waals surface area contributed by atoms with Crippen LogP contribution in [-0.2, 0) is 0 Å². The molecule has 6 heteroatoms. The van der Waals surface area contributed by atoms with E-state index < -0.39 is 0 Å². The van der Waals surface area contributed by atoms with Gasteiger partial charge in [-0.25, -0.2) is 9.97 Å². The van der Waals surface area contributed by atoms with Gasteiger partial charge in [-0.3, -0.25) is 5.10 Å². The minimum atomic E-state index is 0.715. The SMILES string of the molecule is c1cc2ccc(Nc3ncnc4[nH]ncc34)[nH]c-2c1. The molecule has 3 heterocycles. The zero-order chi connectivity index (χ0) is 12.7. The van der Waals surface area contributed by atoms with Crippen LogP contribution in [0.15, 0.2) is 42.9 Å². The molecule has 0 bridgehead atoms. The summed E-state index contributed by atoms with van der Waals surface area (Å²) in [4.78, 5) is 11.7. The Morgan fingerprint density at radius 3 is 3.05 bits per heavy atom. The number of aromatic amines is 2. The van der Waals surface area contributed by atoms with Crippen LogP contribution in [-0.4, -0.2) is 25.1 Å². The van der Waals surface area contributed by atoms with Crippen molar-refractivity contribution in [1.82, 2.24) is 25.1 Å². The number of hydrogen-bond acceptors (Lipinski definition) is 4. The van der Waals surface area contributed by atoms with E-state index in [1.165, 1.54) is 11.9 Å². The Balaban J connectivity index is 1.78. The number of aromatic nitrogens is 5. The highest BCUT2D eigenvalue weighted by atomic mass is 15.2. The largest absolute Gasteiger partial charge is 0.341 e. The van der Waals surface area contributed by atoms with Crippen molar-refractivity contribution in [2.75, 3.05) is 5.32 Å². The molecule has 2 aromatic rings. The van der Waals surface area contributed by atoms with Crippen molar-refractivity contribution in [2.24, 2.45) is 0 Å². The van der Waals surface area contributed by atoms with E-state index in [9.17, 15) is 0 Å². The summed E-state index contributed by atoms with van der Waals surface area (Å²) in [5.74, 6) is 1.60.